The van der Waals surface area contributed by atoms with E-state index in [9.17, 15) is 18.5 Å². The van der Waals surface area contributed by atoms with Gasteiger partial charge in [0.15, 0.2) is 9.84 Å². The first-order chi connectivity index (χ1) is 9.28. The third-order valence-corrected chi connectivity index (χ3v) is 5.57. The third kappa shape index (κ3) is 3.53. The lowest BCUT2D eigenvalue weighted by molar-refractivity contribution is -0.384. The Hall–Kier alpha value is -1.05. The standard InChI is InChI=1S/C11H12Cl2N2O4S/c12-9-3-8(15(16)17)4-10(13)11(9)14-5-7-1-2-20(18,19)6-7/h3-4,7,14H,1-2,5-6H2. The Balaban J connectivity index is 2.09. The minimum absolute atomic E-state index is 0.00215. The van der Waals surface area contributed by atoms with E-state index in [0.29, 0.717) is 18.7 Å². The van der Waals surface area contributed by atoms with Crippen molar-refractivity contribution in [2.75, 3.05) is 23.4 Å². The van der Waals surface area contributed by atoms with Gasteiger partial charge in [-0.1, -0.05) is 23.2 Å². The van der Waals surface area contributed by atoms with Crippen LogP contribution in [0.2, 0.25) is 10.0 Å². The zero-order valence-corrected chi connectivity index (χ0v) is 12.6. The maximum atomic E-state index is 11.4. The number of halogens is 2. The average Bonchev–Trinajstić information content (AvgIpc) is 2.67. The van der Waals surface area contributed by atoms with E-state index in [4.69, 9.17) is 23.2 Å². The van der Waals surface area contributed by atoms with Crippen molar-refractivity contribution in [1.82, 2.24) is 0 Å². The van der Waals surface area contributed by atoms with E-state index in [1.54, 1.807) is 0 Å². The summed E-state index contributed by atoms with van der Waals surface area (Å²) < 4.78 is 22.7. The Morgan fingerprint density at radius 2 is 1.95 bits per heavy atom. The number of non-ortho nitro benzene ring substituents is 1. The summed E-state index contributed by atoms with van der Waals surface area (Å²) in [5, 5.41) is 13.9. The van der Waals surface area contributed by atoms with Gasteiger partial charge in [0.1, 0.15) is 0 Å². The summed E-state index contributed by atoms with van der Waals surface area (Å²) in [5.41, 5.74) is 0.206. The van der Waals surface area contributed by atoms with E-state index in [-0.39, 0.29) is 33.2 Å². The van der Waals surface area contributed by atoms with Gasteiger partial charge >= 0.3 is 0 Å². The van der Waals surface area contributed by atoms with E-state index < -0.39 is 14.8 Å². The molecular formula is C11H12Cl2N2O4S. The molecule has 0 aliphatic carbocycles. The lowest BCUT2D eigenvalue weighted by Gasteiger charge is -2.13. The fourth-order valence-corrected chi connectivity index (χ4v) is 4.58. The topological polar surface area (TPSA) is 89.3 Å². The highest BCUT2D eigenvalue weighted by molar-refractivity contribution is 7.91. The van der Waals surface area contributed by atoms with Crippen LogP contribution < -0.4 is 5.32 Å². The zero-order chi connectivity index (χ0) is 14.9. The number of nitrogens with one attached hydrogen (secondary N) is 1. The molecule has 9 heteroatoms. The largest absolute Gasteiger partial charge is 0.382 e. The minimum Gasteiger partial charge on any atom is -0.382 e. The molecule has 20 heavy (non-hydrogen) atoms. The van der Waals surface area contributed by atoms with Gasteiger partial charge in [-0.2, -0.15) is 0 Å². The average molecular weight is 339 g/mol. The Morgan fingerprint density at radius 3 is 2.40 bits per heavy atom. The maximum Gasteiger partial charge on any atom is 0.272 e. The first-order valence-electron chi connectivity index (χ1n) is 5.86. The van der Waals surface area contributed by atoms with Gasteiger partial charge in [0.25, 0.3) is 5.69 Å². The Bertz CT molecular complexity index is 625. The second kappa shape index (κ2) is 5.75. The molecule has 110 valence electrons. The second-order valence-electron chi connectivity index (χ2n) is 4.69. The predicted octanol–water partition coefficient (Wildman–Crippen LogP) is 2.75. The zero-order valence-electron chi connectivity index (χ0n) is 10.3. The third-order valence-electron chi connectivity index (χ3n) is 3.13. The van der Waals surface area contributed by atoms with E-state index >= 15 is 0 Å². The van der Waals surface area contributed by atoms with E-state index in [1.165, 1.54) is 12.1 Å². The summed E-state index contributed by atoms with van der Waals surface area (Å²) in [6.45, 7) is 0.413. The molecule has 0 spiro atoms. The molecule has 1 heterocycles. The van der Waals surface area contributed by atoms with Crippen LogP contribution in [0.3, 0.4) is 0 Å². The van der Waals surface area contributed by atoms with Crippen LogP contribution in [-0.2, 0) is 9.84 Å². The summed E-state index contributed by atoms with van der Waals surface area (Å²) >= 11 is 11.9. The van der Waals surface area contributed by atoms with Crippen LogP contribution in [0.1, 0.15) is 6.42 Å². The van der Waals surface area contributed by atoms with Crippen LogP contribution in [0.5, 0.6) is 0 Å². The van der Waals surface area contributed by atoms with Crippen molar-refractivity contribution in [2.45, 2.75) is 6.42 Å². The summed E-state index contributed by atoms with van der Waals surface area (Å²) in [4.78, 5) is 10.1. The van der Waals surface area contributed by atoms with Crippen LogP contribution >= 0.6 is 23.2 Å². The lowest BCUT2D eigenvalue weighted by Crippen LogP contribution is -2.16. The summed E-state index contributed by atoms with van der Waals surface area (Å²) in [5.74, 6) is 0.339. The second-order valence-corrected chi connectivity index (χ2v) is 7.73. The Labute approximate surface area is 126 Å². The molecule has 0 radical (unpaired) electrons. The van der Waals surface area contributed by atoms with Gasteiger partial charge < -0.3 is 5.32 Å². The number of benzene rings is 1. The number of nitrogens with zero attached hydrogens (tertiary/aromatic N) is 1. The molecule has 1 fully saturated rings. The van der Waals surface area contributed by atoms with Crippen LogP contribution in [0, 0.1) is 16.0 Å². The fraction of sp³-hybridized carbons (Fsp3) is 0.455. The monoisotopic (exact) mass is 338 g/mol. The molecule has 0 aromatic heterocycles. The molecule has 1 saturated heterocycles. The molecular weight excluding hydrogens is 327 g/mol. The molecule has 0 bridgehead atoms. The van der Waals surface area contributed by atoms with E-state index in [2.05, 4.69) is 5.32 Å². The first-order valence-corrected chi connectivity index (χ1v) is 8.44. The van der Waals surface area contributed by atoms with Crippen LogP contribution in [0.25, 0.3) is 0 Å². The van der Waals surface area contributed by atoms with Crippen LogP contribution in [0.4, 0.5) is 11.4 Å². The van der Waals surface area contributed by atoms with E-state index in [1.807, 2.05) is 0 Å². The fourth-order valence-electron chi connectivity index (χ4n) is 2.11. The highest BCUT2D eigenvalue weighted by Crippen LogP contribution is 2.35. The van der Waals surface area contributed by atoms with Crippen molar-refractivity contribution in [3.63, 3.8) is 0 Å². The van der Waals surface area contributed by atoms with Crippen LogP contribution in [-0.4, -0.2) is 31.4 Å². The molecule has 1 aromatic carbocycles. The Kier molecular flexibility index (Phi) is 4.41. The first kappa shape index (κ1) is 15.3. The van der Waals surface area contributed by atoms with Gasteiger partial charge in [-0.25, -0.2) is 8.42 Å². The number of hydrogen-bond acceptors (Lipinski definition) is 5. The molecule has 1 unspecified atom stereocenters. The normalized spacial score (nSPS) is 20.8. The van der Waals surface area contributed by atoms with Gasteiger partial charge in [0, 0.05) is 18.7 Å². The summed E-state index contributed by atoms with van der Waals surface area (Å²) in [7, 11) is -2.93. The summed E-state index contributed by atoms with van der Waals surface area (Å²) in [6.07, 6.45) is 0.595. The number of anilines is 1. The maximum absolute atomic E-state index is 11.4. The number of hydrogen-bond donors (Lipinski definition) is 1. The predicted molar refractivity (Wildman–Crippen MR) is 78.4 cm³/mol. The highest BCUT2D eigenvalue weighted by Gasteiger charge is 2.28. The van der Waals surface area contributed by atoms with Crippen molar-refractivity contribution in [2.24, 2.45) is 5.92 Å². The minimum atomic E-state index is -2.93. The van der Waals surface area contributed by atoms with Gasteiger partial charge in [-0.3, -0.25) is 10.1 Å². The molecule has 0 amide bonds. The number of nitro benzene ring substituents is 1. The van der Waals surface area contributed by atoms with Gasteiger partial charge in [0.2, 0.25) is 0 Å². The highest BCUT2D eigenvalue weighted by atomic mass is 35.5. The van der Waals surface area contributed by atoms with Crippen molar-refractivity contribution >= 4 is 44.4 Å². The van der Waals surface area contributed by atoms with Crippen molar-refractivity contribution < 1.29 is 13.3 Å². The smallest absolute Gasteiger partial charge is 0.272 e. The van der Waals surface area contributed by atoms with Crippen molar-refractivity contribution in [3.8, 4) is 0 Å². The molecule has 6 nitrogen and oxygen atoms in total. The molecule has 1 N–H and O–H groups in total. The molecule has 1 aromatic rings. The van der Waals surface area contributed by atoms with Crippen LogP contribution in [0.15, 0.2) is 12.1 Å². The molecule has 0 saturated carbocycles. The van der Waals surface area contributed by atoms with Gasteiger partial charge in [0.05, 0.1) is 32.2 Å². The number of rotatable bonds is 4. The van der Waals surface area contributed by atoms with E-state index in [0.717, 1.165) is 0 Å². The quantitative estimate of drug-likeness (QED) is 0.673. The molecule has 1 aliphatic heterocycles. The van der Waals surface area contributed by atoms with Gasteiger partial charge in [-0.15, -0.1) is 0 Å². The molecule has 1 aliphatic rings. The Morgan fingerprint density at radius 1 is 1.35 bits per heavy atom. The van der Waals surface area contributed by atoms with Crippen molar-refractivity contribution in [3.05, 3.63) is 32.3 Å². The lowest BCUT2D eigenvalue weighted by atomic mass is 10.1. The van der Waals surface area contributed by atoms with Gasteiger partial charge in [-0.05, 0) is 12.3 Å². The van der Waals surface area contributed by atoms with Crippen molar-refractivity contribution in [1.29, 1.82) is 0 Å². The molecule has 1 atom stereocenters. The number of nitro groups is 1. The molecule has 2 rings (SSSR count). The summed E-state index contributed by atoms with van der Waals surface area (Å²) in [6, 6.07) is 2.42. The SMILES string of the molecule is O=[N+]([O-])c1cc(Cl)c(NCC2CCS(=O)(=O)C2)c(Cl)c1. The number of sulfone groups is 1.